The number of thioether (sulfide) groups is 1. The van der Waals surface area contributed by atoms with Crippen LogP contribution < -0.4 is 5.32 Å². The van der Waals surface area contributed by atoms with E-state index in [4.69, 9.17) is 23.2 Å². The van der Waals surface area contributed by atoms with Crippen molar-refractivity contribution in [2.45, 2.75) is 11.4 Å². The molecular weight excluding hydrogens is 345 g/mol. The summed E-state index contributed by atoms with van der Waals surface area (Å²) in [6.07, 6.45) is 0. The molecule has 0 amide bonds. The minimum Gasteiger partial charge on any atom is -0.312 e. The number of hydrogen-bond donors (Lipinski definition) is 1. The first kappa shape index (κ1) is 16.7. The predicted octanol–water partition coefficient (Wildman–Crippen LogP) is 6.03. The zero-order valence-electron chi connectivity index (χ0n) is 12.6. The molecular formula is C19H17Cl2NS. The highest BCUT2D eigenvalue weighted by atomic mass is 35.5. The van der Waals surface area contributed by atoms with Crippen LogP contribution in [-0.4, -0.2) is 12.3 Å². The monoisotopic (exact) mass is 361 g/mol. The van der Waals surface area contributed by atoms with Crippen LogP contribution >= 0.6 is 35.0 Å². The van der Waals surface area contributed by atoms with Crippen molar-refractivity contribution in [3.05, 3.63) is 76.3 Å². The van der Waals surface area contributed by atoms with E-state index in [1.165, 1.54) is 16.3 Å². The van der Waals surface area contributed by atoms with Gasteiger partial charge in [0.2, 0.25) is 0 Å². The first-order valence-electron chi connectivity index (χ1n) is 7.49. The quantitative estimate of drug-likeness (QED) is 0.425. The van der Waals surface area contributed by atoms with Crippen LogP contribution in [0, 0.1) is 0 Å². The van der Waals surface area contributed by atoms with Gasteiger partial charge in [-0.3, -0.25) is 0 Å². The van der Waals surface area contributed by atoms with Crippen molar-refractivity contribution in [3.8, 4) is 0 Å². The fourth-order valence-corrected chi connectivity index (χ4v) is 3.89. The fraction of sp³-hybridized carbons (Fsp3) is 0.158. The Hall–Kier alpha value is -1.19. The second-order valence-corrected chi connectivity index (χ2v) is 7.22. The molecule has 118 valence electrons. The Kier molecular flexibility index (Phi) is 5.85. The molecule has 0 spiro atoms. The Balaban J connectivity index is 1.52. The van der Waals surface area contributed by atoms with Crippen molar-refractivity contribution in [1.29, 1.82) is 0 Å². The Labute approximate surface area is 151 Å². The zero-order valence-corrected chi connectivity index (χ0v) is 14.9. The van der Waals surface area contributed by atoms with Gasteiger partial charge in [0.1, 0.15) is 0 Å². The summed E-state index contributed by atoms with van der Waals surface area (Å²) in [7, 11) is 0. The van der Waals surface area contributed by atoms with Gasteiger partial charge in [-0.1, -0.05) is 65.7 Å². The molecule has 3 aromatic rings. The lowest BCUT2D eigenvalue weighted by molar-refractivity contribution is 0.736. The molecule has 3 aromatic carbocycles. The van der Waals surface area contributed by atoms with E-state index in [0.717, 1.165) is 33.8 Å². The van der Waals surface area contributed by atoms with Crippen LogP contribution in [0.15, 0.2) is 65.6 Å². The van der Waals surface area contributed by atoms with Gasteiger partial charge in [-0.15, -0.1) is 11.8 Å². The minimum atomic E-state index is 0.723. The van der Waals surface area contributed by atoms with Crippen molar-refractivity contribution in [2.24, 2.45) is 0 Å². The molecule has 1 N–H and O–H groups in total. The largest absolute Gasteiger partial charge is 0.312 e. The first-order valence-corrected chi connectivity index (χ1v) is 9.23. The van der Waals surface area contributed by atoms with Gasteiger partial charge in [0, 0.05) is 28.8 Å². The van der Waals surface area contributed by atoms with Gasteiger partial charge in [-0.05, 0) is 34.5 Å². The number of rotatable bonds is 6. The molecule has 0 unspecified atom stereocenters. The molecule has 0 saturated heterocycles. The molecule has 0 aliphatic heterocycles. The van der Waals surface area contributed by atoms with Crippen molar-refractivity contribution in [2.75, 3.05) is 12.3 Å². The van der Waals surface area contributed by atoms with Gasteiger partial charge in [-0.25, -0.2) is 0 Å². The van der Waals surface area contributed by atoms with E-state index in [2.05, 4.69) is 47.8 Å². The lowest BCUT2D eigenvalue weighted by atomic mass is 10.0. The smallest absolute Gasteiger partial charge is 0.0542 e. The summed E-state index contributed by atoms with van der Waals surface area (Å²) in [4.78, 5) is 1.03. The Morgan fingerprint density at radius 3 is 2.65 bits per heavy atom. The summed E-state index contributed by atoms with van der Waals surface area (Å²) in [5.74, 6) is 0.949. The normalized spacial score (nSPS) is 11.0. The third-order valence-electron chi connectivity index (χ3n) is 3.63. The third-order valence-corrected chi connectivity index (χ3v) is 5.36. The second-order valence-electron chi connectivity index (χ2n) is 5.24. The highest BCUT2D eigenvalue weighted by Gasteiger charge is 2.03. The van der Waals surface area contributed by atoms with Gasteiger partial charge in [0.05, 0.1) is 5.02 Å². The molecule has 0 aliphatic rings. The average molecular weight is 362 g/mol. The highest BCUT2D eigenvalue weighted by Crippen LogP contribution is 2.29. The van der Waals surface area contributed by atoms with Gasteiger partial charge >= 0.3 is 0 Å². The molecule has 0 atom stereocenters. The zero-order chi connectivity index (χ0) is 16.1. The van der Waals surface area contributed by atoms with Gasteiger partial charge < -0.3 is 5.32 Å². The standard InChI is InChI=1S/C19H17Cl2NS/c20-16-8-9-18(21)19(12-16)23-11-10-22-13-15-6-3-5-14-4-1-2-7-17(14)15/h1-9,12,22H,10-11,13H2. The van der Waals surface area contributed by atoms with E-state index in [0.29, 0.717) is 0 Å². The lowest BCUT2D eigenvalue weighted by Crippen LogP contribution is -2.16. The Bertz CT molecular complexity index is 799. The number of benzene rings is 3. The second kappa shape index (κ2) is 8.07. The van der Waals surface area contributed by atoms with E-state index in [1.807, 2.05) is 18.2 Å². The summed E-state index contributed by atoms with van der Waals surface area (Å²) in [5.41, 5.74) is 1.33. The summed E-state index contributed by atoms with van der Waals surface area (Å²) in [6.45, 7) is 1.78. The van der Waals surface area contributed by atoms with Gasteiger partial charge in [-0.2, -0.15) is 0 Å². The van der Waals surface area contributed by atoms with E-state index in [-0.39, 0.29) is 0 Å². The molecule has 0 bridgehead atoms. The lowest BCUT2D eigenvalue weighted by Gasteiger charge is -2.09. The molecule has 4 heteroatoms. The van der Waals surface area contributed by atoms with Crippen LogP contribution in [0.2, 0.25) is 10.0 Å². The maximum absolute atomic E-state index is 6.17. The van der Waals surface area contributed by atoms with Gasteiger partial charge in [0.25, 0.3) is 0 Å². The fourth-order valence-electron chi connectivity index (χ4n) is 2.49. The van der Waals surface area contributed by atoms with Crippen molar-refractivity contribution in [3.63, 3.8) is 0 Å². The number of nitrogens with one attached hydrogen (secondary N) is 1. The number of fused-ring (bicyclic) bond motifs is 1. The van der Waals surface area contributed by atoms with Crippen molar-refractivity contribution >= 4 is 45.7 Å². The molecule has 3 rings (SSSR count). The predicted molar refractivity (Wildman–Crippen MR) is 103 cm³/mol. The summed E-state index contributed by atoms with van der Waals surface area (Å²) in [6, 6.07) is 20.5. The van der Waals surface area contributed by atoms with E-state index < -0.39 is 0 Å². The molecule has 1 nitrogen and oxygen atoms in total. The van der Waals surface area contributed by atoms with Crippen LogP contribution in [0.25, 0.3) is 10.8 Å². The number of hydrogen-bond acceptors (Lipinski definition) is 2. The Morgan fingerprint density at radius 2 is 1.74 bits per heavy atom. The van der Waals surface area contributed by atoms with Crippen molar-refractivity contribution < 1.29 is 0 Å². The topological polar surface area (TPSA) is 12.0 Å². The third kappa shape index (κ3) is 4.42. The summed E-state index contributed by atoms with van der Waals surface area (Å²) in [5, 5.41) is 7.58. The van der Waals surface area contributed by atoms with Crippen LogP contribution in [0.5, 0.6) is 0 Å². The van der Waals surface area contributed by atoms with Gasteiger partial charge in [0.15, 0.2) is 0 Å². The van der Waals surface area contributed by atoms with E-state index >= 15 is 0 Å². The van der Waals surface area contributed by atoms with Crippen molar-refractivity contribution in [1.82, 2.24) is 5.32 Å². The molecule has 0 heterocycles. The molecule has 0 radical (unpaired) electrons. The average Bonchev–Trinajstić information content (AvgIpc) is 2.57. The summed E-state index contributed by atoms with van der Waals surface area (Å²) < 4.78 is 0. The summed E-state index contributed by atoms with van der Waals surface area (Å²) >= 11 is 13.9. The molecule has 0 fully saturated rings. The van der Waals surface area contributed by atoms with Crippen LogP contribution in [0.4, 0.5) is 0 Å². The maximum atomic E-state index is 6.17. The van der Waals surface area contributed by atoms with Crippen LogP contribution in [-0.2, 0) is 6.54 Å². The van der Waals surface area contributed by atoms with E-state index in [9.17, 15) is 0 Å². The van der Waals surface area contributed by atoms with E-state index in [1.54, 1.807) is 11.8 Å². The Morgan fingerprint density at radius 1 is 0.913 bits per heavy atom. The number of halogens is 2. The maximum Gasteiger partial charge on any atom is 0.0542 e. The first-order chi connectivity index (χ1) is 11.2. The van der Waals surface area contributed by atoms with Crippen LogP contribution in [0.3, 0.4) is 0 Å². The minimum absolute atomic E-state index is 0.723. The molecule has 0 aromatic heterocycles. The van der Waals surface area contributed by atoms with Crippen LogP contribution in [0.1, 0.15) is 5.56 Å². The molecule has 0 saturated carbocycles. The molecule has 0 aliphatic carbocycles. The molecule has 23 heavy (non-hydrogen) atoms. The highest BCUT2D eigenvalue weighted by molar-refractivity contribution is 7.99. The SMILES string of the molecule is Clc1ccc(Cl)c(SCCNCc2cccc3ccccc23)c1.